The minimum absolute atomic E-state index is 0.101. The monoisotopic (exact) mass is 301 g/mol. The van der Waals surface area contributed by atoms with Crippen molar-refractivity contribution < 1.29 is 14.3 Å². The third kappa shape index (κ3) is 2.28. The summed E-state index contributed by atoms with van der Waals surface area (Å²) in [7, 11) is 0. The molecule has 1 aliphatic heterocycles. The molecule has 2 aromatic rings. The summed E-state index contributed by atoms with van der Waals surface area (Å²) in [5.41, 5.74) is 1.67. The van der Waals surface area contributed by atoms with Gasteiger partial charge in [0.15, 0.2) is 17.3 Å². The molecule has 1 aliphatic rings. The van der Waals surface area contributed by atoms with Crippen LogP contribution in [-0.4, -0.2) is 17.6 Å². The smallest absolute Gasteiger partial charge is 0.228 e. The van der Waals surface area contributed by atoms with Crippen LogP contribution in [0.3, 0.4) is 0 Å². The van der Waals surface area contributed by atoms with Gasteiger partial charge in [0.2, 0.25) is 5.91 Å². The molecule has 5 heteroatoms. The predicted octanol–water partition coefficient (Wildman–Crippen LogP) is 3.90. The van der Waals surface area contributed by atoms with Gasteiger partial charge in [-0.3, -0.25) is 14.5 Å². The lowest BCUT2D eigenvalue weighted by atomic mass is 10.1. The highest BCUT2D eigenvalue weighted by atomic mass is 35.5. The molecule has 2 aromatic carbocycles. The zero-order valence-electron chi connectivity index (χ0n) is 11.3. The Morgan fingerprint density at radius 3 is 2.52 bits per heavy atom. The number of carbonyl (C=O) groups excluding carboxylic acids is 2. The van der Waals surface area contributed by atoms with E-state index in [4.69, 9.17) is 16.3 Å². The van der Waals surface area contributed by atoms with Crippen molar-refractivity contribution in [2.24, 2.45) is 0 Å². The molecule has 1 amide bonds. The van der Waals surface area contributed by atoms with Gasteiger partial charge in [-0.25, -0.2) is 0 Å². The number of rotatable bonds is 2. The van der Waals surface area contributed by atoms with Gasteiger partial charge in [0.25, 0.3) is 0 Å². The maximum atomic E-state index is 12.0. The quantitative estimate of drug-likeness (QED) is 0.624. The van der Waals surface area contributed by atoms with Gasteiger partial charge in [0.05, 0.1) is 17.3 Å². The molecule has 0 aromatic heterocycles. The van der Waals surface area contributed by atoms with E-state index in [1.54, 1.807) is 35.2 Å². The molecule has 106 valence electrons. The number of Topliss-reactive ketones (excluding diaryl/α,β-unsaturated/α-hetero) is 1. The van der Waals surface area contributed by atoms with E-state index in [0.717, 1.165) is 0 Å². The number of nitrogens with zero attached hydrogens (tertiary/aromatic N) is 1. The van der Waals surface area contributed by atoms with E-state index in [0.29, 0.717) is 28.4 Å². The molecular formula is C16H12ClNO3. The van der Waals surface area contributed by atoms with Crippen LogP contribution in [0.15, 0.2) is 42.5 Å². The topological polar surface area (TPSA) is 46.6 Å². The summed E-state index contributed by atoms with van der Waals surface area (Å²) in [6.45, 7) is 1.47. The second-order valence-electron chi connectivity index (χ2n) is 4.66. The highest BCUT2D eigenvalue weighted by molar-refractivity contribution is 6.30. The van der Waals surface area contributed by atoms with Gasteiger partial charge in [-0.05, 0) is 30.3 Å². The number of hydrogen-bond acceptors (Lipinski definition) is 3. The van der Waals surface area contributed by atoms with Crippen molar-refractivity contribution >= 4 is 34.7 Å². The van der Waals surface area contributed by atoms with Crippen molar-refractivity contribution in [3.8, 4) is 11.5 Å². The van der Waals surface area contributed by atoms with E-state index >= 15 is 0 Å². The van der Waals surface area contributed by atoms with Crippen molar-refractivity contribution in [2.45, 2.75) is 6.92 Å². The van der Waals surface area contributed by atoms with Gasteiger partial charge in [-0.2, -0.15) is 0 Å². The third-order valence-corrected chi connectivity index (χ3v) is 3.53. The predicted molar refractivity (Wildman–Crippen MR) is 80.8 cm³/mol. The Bertz CT molecular complexity index is 742. The van der Waals surface area contributed by atoms with E-state index in [-0.39, 0.29) is 17.6 Å². The zero-order chi connectivity index (χ0) is 15.0. The first kappa shape index (κ1) is 13.6. The van der Waals surface area contributed by atoms with Crippen LogP contribution in [0, 0.1) is 0 Å². The summed E-state index contributed by atoms with van der Waals surface area (Å²) in [6.07, 6.45) is 0. The van der Waals surface area contributed by atoms with Gasteiger partial charge < -0.3 is 4.74 Å². The molecule has 0 saturated heterocycles. The number of para-hydroxylation sites is 2. The van der Waals surface area contributed by atoms with Gasteiger partial charge in [0.1, 0.15) is 0 Å². The molecule has 4 nitrogen and oxygen atoms in total. The van der Waals surface area contributed by atoms with Crippen LogP contribution in [0.4, 0.5) is 11.4 Å². The highest BCUT2D eigenvalue weighted by Crippen LogP contribution is 2.46. The Hall–Kier alpha value is -2.33. The number of halogens is 1. The lowest BCUT2D eigenvalue weighted by molar-refractivity contribution is -0.115. The number of ketones is 1. The van der Waals surface area contributed by atoms with E-state index in [1.165, 1.54) is 6.92 Å². The van der Waals surface area contributed by atoms with E-state index in [9.17, 15) is 9.59 Å². The SMILES string of the molecule is CC(=O)N1c2ccccc2Oc2ccc(C(=O)CCl)cc21. The Labute approximate surface area is 126 Å². The summed E-state index contributed by atoms with van der Waals surface area (Å²) in [5, 5.41) is 0. The first-order valence-electron chi connectivity index (χ1n) is 6.42. The molecule has 0 fully saturated rings. The molecular weight excluding hydrogens is 290 g/mol. The lowest BCUT2D eigenvalue weighted by Gasteiger charge is -2.30. The number of amides is 1. The van der Waals surface area contributed by atoms with Crippen molar-refractivity contribution in [2.75, 3.05) is 10.8 Å². The lowest BCUT2D eigenvalue weighted by Crippen LogP contribution is -2.26. The number of ether oxygens (including phenoxy) is 1. The summed E-state index contributed by atoms with van der Waals surface area (Å²) < 4.78 is 5.79. The molecule has 0 N–H and O–H groups in total. The summed E-state index contributed by atoms with van der Waals surface area (Å²) in [6, 6.07) is 12.2. The maximum absolute atomic E-state index is 12.0. The summed E-state index contributed by atoms with van der Waals surface area (Å²) in [4.78, 5) is 25.3. The van der Waals surface area contributed by atoms with E-state index < -0.39 is 0 Å². The first-order chi connectivity index (χ1) is 10.1. The van der Waals surface area contributed by atoms with Crippen LogP contribution in [0.1, 0.15) is 17.3 Å². The second-order valence-corrected chi connectivity index (χ2v) is 4.93. The van der Waals surface area contributed by atoms with Crippen molar-refractivity contribution in [1.82, 2.24) is 0 Å². The fraction of sp³-hybridized carbons (Fsp3) is 0.125. The fourth-order valence-electron chi connectivity index (χ4n) is 2.34. The molecule has 0 atom stereocenters. The van der Waals surface area contributed by atoms with Crippen molar-refractivity contribution in [3.05, 3.63) is 48.0 Å². The van der Waals surface area contributed by atoms with Crippen LogP contribution >= 0.6 is 11.6 Å². The first-order valence-corrected chi connectivity index (χ1v) is 6.96. The fourth-order valence-corrected chi connectivity index (χ4v) is 2.50. The summed E-state index contributed by atoms with van der Waals surface area (Å²) >= 11 is 5.59. The molecule has 0 unspecified atom stereocenters. The zero-order valence-corrected chi connectivity index (χ0v) is 12.1. The molecule has 0 aliphatic carbocycles. The standard InChI is InChI=1S/C16H12ClNO3/c1-10(19)18-12-4-2-3-5-15(12)21-16-7-6-11(8-13(16)18)14(20)9-17/h2-8H,9H2,1H3. The molecule has 1 heterocycles. The number of benzene rings is 2. The average Bonchev–Trinajstić information content (AvgIpc) is 2.50. The highest BCUT2D eigenvalue weighted by Gasteiger charge is 2.27. The summed E-state index contributed by atoms with van der Waals surface area (Å²) in [5.74, 6) is 0.701. The van der Waals surface area contributed by atoms with Crippen LogP contribution in [0.5, 0.6) is 11.5 Å². The van der Waals surface area contributed by atoms with Gasteiger partial charge in [-0.1, -0.05) is 12.1 Å². The Morgan fingerprint density at radius 2 is 1.81 bits per heavy atom. The number of fused-ring (bicyclic) bond motifs is 2. The minimum atomic E-state index is -0.193. The molecule has 21 heavy (non-hydrogen) atoms. The second kappa shape index (κ2) is 5.22. The van der Waals surface area contributed by atoms with Crippen LogP contribution < -0.4 is 9.64 Å². The molecule has 3 rings (SSSR count). The Kier molecular flexibility index (Phi) is 3.39. The van der Waals surface area contributed by atoms with Crippen molar-refractivity contribution in [3.63, 3.8) is 0 Å². The molecule has 0 radical (unpaired) electrons. The maximum Gasteiger partial charge on any atom is 0.228 e. The molecule has 0 bridgehead atoms. The van der Waals surface area contributed by atoms with Crippen LogP contribution in [-0.2, 0) is 4.79 Å². The number of hydrogen-bond donors (Lipinski definition) is 0. The van der Waals surface area contributed by atoms with Gasteiger partial charge in [0, 0.05) is 12.5 Å². The van der Waals surface area contributed by atoms with Gasteiger partial charge >= 0.3 is 0 Å². The Balaban J connectivity index is 2.17. The van der Waals surface area contributed by atoms with E-state index in [1.807, 2.05) is 12.1 Å². The van der Waals surface area contributed by atoms with Crippen LogP contribution in [0.25, 0.3) is 0 Å². The molecule has 0 saturated carbocycles. The third-order valence-electron chi connectivity index (χ3n) is 3.28. The van der Waals surface area contributed by atoms with E-state index in [2.05, 4.69) is 0 Å². The average molecular weight is 302 g/mol. The van der Waals surface area contributed by atoms with Crippen molar-refractivity contribution in [1.29, 1.82) is 0 Å². The van der Waals surface area contributed by atoms with Crippen LogP contribution in [0.2, 0.25) is 0 Å². The molecule has 0 spiro atoms. The minimum Gasteiger partial charge on any atom is -0.453 e. The number of alkyl halides is 1. The number of carbonyl (C=O) groups is 2. The van der Waals surface area contributed by atoms with Gasteiger partial charge in [-0.15, -0.1) is 11.6 Å². The number of anilines is 2. The Morgan fingerprint density at radius 1 is 1.10 bits per heavy atom. The normalized spacial score (nSPS) is 12.2. The largest absolute Gasteiger partial charge is 0.453 e.